The van der Waals surface area contributed by atoms with E-state index in [-0.39, 0.29) is 6.10 Å². The van der Waals surface area contributed by atoms with Gasteiger partial charge in [-0.1, -0.05) is 6.07 Å². The maximum Gasteiger partial charge on any atom is 0.137 e. The lowest BCUT2D eigenvalue weighted by Crippen LogP contribution is -2.37. The first kappa shape index (κ1) is 30.1. The fourth-order valence-corrected chi connectivity index (χ4v) is 6.03. The quantitative estimate of drug-likeness (QED) is 0.316. The number of ether oxygens (including phenoxy) is 4. The molecule has 1 N–H and O–H groups in total. The molecule has 2 fully saturated rings. The summed E-state index contributed by atoms with van der Waals surface area (Å²) in [5.74, 6) is 1.77. The van der Waals surface area contributed by atoms with Crippen LogP contribution in [-0.4, -0.2) is 84.9 Å². The molecule has 3 aromatic rings. The van der Waals surface area contributed by atoms with E-state index in [2.05, 4.69) is 20.7 Å². The minimum atomic E-state index is -1.38. The molecule has 0 saturated carbocycles. The maximum absolute atomic E-state index is 13.0. The van der Waals surface area contributed by atoms with E-state index >= 15 is 0 Å². The van der Waals surface area contributed by atoms with E-state index < -0.39 is 11.0 Å². The minimum Gasteiger partial charge on any atom is -0.495 e. The first-order valence-electron chi connectivity index (χ1n) is 14.4. The number of nitriles is 1. The van der Waals surface area contributed by atoms with Gasteiger partial charge in [0.15, 0.2) is 0 Å². The SMILES string of the molecule is COc1cc(Cc2nccc(-c3ccc(OC4CCOCC4)c(C#N)c3)n2)ccc1S(=O)NCCCN1CCOCC1. The van der Waals surface area contributed by atoms with Crippen molar-refractivity contribution in [1.82, 2.24) is 19.6 Å². The fourth-order valence-electron chi connectivity index (χ4n) is 5.03. The molecule has 2 aliphatic rings. The Morgan fingerprint density at radius 2 is 1.88 bits per heavy atom. The molecule has 0 aliphatic carbocycles. The first-order chi connectivity index (χ1) is 20.6. The lowest BCUT2D eigenvalue weighted by molar-refractivity contribution is 0.0254. The van der Waals surface area contributed by atoms with E-state index in [0.717, 1.165) is 68.9 Å². The summed E-state index contributed by atoms with van der Waals surface area (Å²) < 4.78 is 38.5. The number of hydrogen-bond acceptors (Lipinski definition) is 9. The highest BCUT2D eigenvalue weighted by Crippen LogP contribution is 2.28. The van der Waals surface area contributed by atoms with Crippen molar-refractivity contribution >= 4 is 11.0 Å². The summed E-state index contributed by atoms with van der Waals surface area (Å²) in [6, 6.07) is 15.3. The number of nitrogens with one attached hydrogen (secondary N) is 1. The predicted molar refractivity (Wildman–Crippen MR) is 159 cm³/mol. The second-order valence-electron chi connectivity index (χ2n) is 10.2. The number of benzene rings is 2. The highest BCUT2D eigenvalue weighted by atomic mass is 32.2. The van der Waals surface area contributed by atoms with E-state index in [1.54, 1.807) is 13.3 Å². The van der Waals surface area contributed by atoms with Crippen molar-refractivity contribution in [2.24, 2.45) is 0 Å². The second kappa shape index (κ2) is 15.2. The van der Waals surface area contributed by atoms with Gasteiger partial charge in [0.05, 0.1) is 49.7 Å². The minimum absolute atomic E-state index is 0.0549. The van der Waals surface area contributed by atoms with Crippen LogP contribution in [-0.2, 0) is 26.9 Å². The van der Waals surface area contributed by atoms with E-state index in [1.807, 2.05) is 42.5 Å². The summed E-state index contributed by atoms with van der Waals surface area (Å²) in [6.07, 6.45) is 4.78. The van der Waals surface area contributed by atoms with Gasteiger partial charge in [0, 0.05) is 50.7 Å². The first-order valence-corrected chi connectivity index (χ1v) is 15.5. The van der Waals surface area contributed by atoms with Crippen LogP contribution in [0.4, 0.5) is 0 Å². The largest absolute Gasteiger partial charge is 0.495 e. The zero-order chi connectivity index (χ0) is 29.1. The Labute approximate surface area is 249 Å². The van der Waals surface area contributed by atoms with Gasteiger partial charge in [0.2, 0.25) is 0 Å². The summed E-state index contributed by atoms with van der Waals surface area (Å²) in [5, 5.41) is 9.76. The Morgan fingerprint density at radius 3 is 2.67 bits per heavy atom. The number of aromatic nitrogens is 2. The monoisotopic (exact) mass is 591 g/mol. The molecule has 2 saturated heterocycles. The Balaban J connectivity index is 1.21. The van der Waals surface area contributed by atoms with Crippen LogP contribution in [0.15, 0.2) is 53.6 Å². The molecule has 3 heterocycles. The lowest BCUT2D eigenvalue weighted by Gasteiger charge is -2.26. The summed E-state index contributed by atoms with van der Waals surface area (Å²) in [7, 11) is 0.196. The van der Waals surface area contributed by atoms with Crippen LogP contribution in [0, 0.1) is 11.3 Å². The van der Waals surface area contributed by atoms with Crippen molar-refractivity contribution in [3.8, 4) is 28.8 Å². The topological polar surface area (TPSA) is 119 Å². The zero-order valence-electron chi connectivity index (χ0n) is 23.9. The van der Waals surface area contributed by atoms with E-state index in [9.17, 15) is 9.47 Å². The number of methoxy groups -OCH3 is 1. The summed E-state index contributed by atoms with van der Waals surface area (Å²) in [6.45, 7) is 6.40. The van der Waals surface area contributed by atoms with Crippen LogP contribution in [0.3, 0.4) is 0 Å². The van der Waals surface area contributed by atoms with Gasteiger partial charge in [0.25, 0.3) is 0 Å². The van der Waals surface area contributed by atoms with Gasteiger partial charge >= 0.3 is 0 Å². The summed E-state index contributed by atoms with van der Waals surface area (Å²) in [5.41, 5.74) is 2.95. The van der Waals surface area contributed by atoms with Gasteiger partial charge in [-0.3, -0.25) is 4.90 Å². The molecule has 10 nitrogen and oxygen atoms in total. The maximum atomic E-state index is 13.0. The molecule has 1 unspecified atom stereocenters. The predicted octanol–water partition coefficient (Wildman–Crippen LogP) is 3.51. The Hall–Kier alpha value is -3.40. The summed E-state index contributed by atoms with van der Waals surface area (Å²) >= 11 is 0. The molecule has 5 rings (SSSR count). The molecule has 0 radical (unpaired) electrons. The number of rotatable bonds is 12. The molecule has 222 valence electrons. The highest BCUT2D eigenvalue weighted by Gasteiger charge is 2.18. The van der Waals surface area contributed by atoms with E-state index in [0.29, 0.717) is 54.0 Å². The zero-order valence-corrected chi connectivity index (χ0v) is 24.7. The third-order valence-electron chi connectivity index (χ3n) is 7.34. The lowest BCUT2D eigenvalue weighted by atomic mass is 10.1. The molecule has 42 heavy (non-hydrogen) atoms. The van der Waals surface area contributed by atoms with Crippen LogP contribution in [0.1, 0.15) is 36.2 Å². The molecule has 0 amide bonds. The third kappa shape index (κ3) is 8.12. The molecular weight excluding hydrogens is 554 g/mol. The van der Waals surface area contributed by atoms with Gasteiger partial charge in [0.1, 0.15) is 40.5 Å². The van der Waals surface area contributed by atoms with Gasteiger partial charge in [-0.15, -0.1) is 0 Å². The molecule has 2 aliphatic heterocycles. The van der Waals surface area contributed by atoms with Crippen molar-refractivity contribution in [3.63, 3.8) is 0 Å². The van der Waals surface area contributed by atoms with Crippen LogP contribution in [0.2, 0.25) is 0 Å². The third-order valence-corrected chi connectivity index (χ3v) is 8.54. The second-order valence-corrected chi connectivity index (χ2v) is 11.5. The van der Waals surface area contributed by atoms with Gasteiger partial charge in [-0.25, -0.2) is 18.9 Å². The van der Waals surface area contributed by atoms with Crippen molar-refractivity contribution in [3.05, 3.63) is 65.6 Å². The average Bonchev–Trinajstić information content (AvgIpc) is 3.04. The van der Waals surface area contributed by atoms with Crippen LogP contribution < -0.4 is 14.2 Å². The average molecular weight is 592 g/mol. The van der Waals surface area contributed by atoms with Gasteiger partial charge in [-0.05, 0) is 54.9 Å². The smallest absolute Gasteiger partial charge is 0.137 e. The van der Waals surface area contributed by atoms with Crippen LogP contribution in [0.25, 0.3) is 11.3 Å². The number of nitrogens with zero attached hydrogens (tertiary/aromatic N) is 4. The van der Waals surface area contributed by atoms with Crippen molar-refractivity contribution in [1.29, 1.82) is 5.26 Å². The van der Waals surface area contributed by atoms with Crippen LogP contribution >= 0.6 is 0 Å². The Bertz CT molecular complexity index is 1400. The Morgan fingerprint density at radius 1 is 1.07 bits per heavy atom. The highest BCUT2D eigenvalue weighted by molar-refractivity contribution is 7.83. The Kier molecular flexibility index (Phi) is 10.9. The van der Waals surface area contributed by atoms with Crippen molar-refractivity contribution in [2.45, 2.75) is 36.7 Å². The molecule has 1 aromatic heterocycles. The standard InChI is InChI=1S/C31H37N5O5S/c1-38-29-19-23(3-6-30(29)42(37)34-10-2-12-36-13-17-40-18-14-36)20-31-33-11-7-27(35-31)24-4-5-28(25(21-24)22-32)41-26-8-15-39-16-9-26/h3-7,11,19,21,26,34H,2,8-10,12-18,20H2,1H3. The van der Waals surface area contributed by atoms with E-state index in [4.69, 9.17) is 23.9 Å². The molecular formula is C31H37N5O5S. The normalized spacial score (nSPS) is 17.0. The van der Waals surface area contributed by atoms with Crippen LogP contribution in [0.5, 0.6) is 11.5 Å². The molecule has 2 aromatic carbocycles. The molecule has 0 spiro atoms. The fraction of sp³-hybridized carbons (Fsp3) is 0.452. The molecule has 11 heteroatoms. The number of morpholine rings is 1. The number of hydrogen-bond donors (Lipinski definition) is 1. The summed E-state index contributed by atoms with van der Waals surface area (Å²) in [4.78, 5) is 12.2. The van der Waals surface area contributed by atoms with Gasteiger partial charge in [-0.2, -0.15) is 5.26 Å². The van der Waals surface area contributed by atoms with Crippen molar-refractivity contribution < 1.29 is 23.2 Å². The van der Waals surface area contributed by atoms with E-state index in [1.165, 1.54) is 0 Å². The molecule has 1 atom stereocenters. The molecule has 0 bridgehead atoms. The van der Waals surface area contributed by atoms with Gasteiger partial charge < -0.3 is 18.9 Å². The van der Waals surface area contributed by atoms with Crippen molar-refractivity contribution in [2.75, 3.05) is 59.7 Å².